The molecule has 0 radical (unpaired) electrons. The second-order valence-electron chi connectivity index (χ2n) is 6.31. The van der Waals surface area contributed by atoms with Crippen LogP contribution in [0.25, 0.3) is 0 Å². The smallest absolute Gasteiger partial charge is 0.101 e. The third-order valence-electron chi connectivity index (χ3n) is 4.84. The average Bonchev–Trinajstić information content (AvgIpc) is 2.41. The molecule has 2 rings (SSSR count). The Labute approximate surface area is 113 Å². The van der Waals surface area contributed by atoms with Crippen LogP contribution in [0.4, 0.5) is 0 Å². The maximum Gasteiger partial charge on any atom is 0.101 e. The Morgan fingerprint density at radius 3 is 2.39 bits per heavy atom. The highest BCUT2D eigenvalue weighted by Gasteiger charge is 2.29. The number of ether oxygens (including phenoxy) is 1. The van der Waals surface area contributed by atoms with Crippen molar-refractivity contribution in [1.29, 1.82) is 0 Å². The number of hydrogen-bond donors (Lipinski definition) is 0. The lowest BCUT2D eigenvalue weighted by atomic mass is 9.76. The third kappa shape index (κ3) is 3.76. The largest absolute Gasteiger partial charge is 0.498 e. The van der Waals surface area contributed by atoms with Crippen LogP contribution in [-0.4, -0.2) is 6.10 Å². The maximum atomic E-state index is 6.02. The Morgan fingerprint density at radius 2 is 1.83 bits per heavy atom. The molecule has 0 aromatic rings. The predicted octanol–water partition coefficient (Wildman–Crippen LogP) is 5.46. The van der Waals surface area contributed by atoms with Crippen LogP contribution in [-0.2, 0) is 4.74 Å². The summed E-state index contributed by atoms with van der Waals surface area (Å²) in [5.74, 6) is 1.86. The molecule has 1 unspecified atom stereocenters. The molecule has 1 saturated carbocycles. The van der Waals surface area contributed by atoms with Crippen molar-refractivity contribution in [2.75, 3.05) is 0 Å². The van der Waals surface area contributed by atoms with Crippen molar-refractivity contribution >= 4 is 0 Å². The van der Waals surface area contributed by atoms with Crippen molar-refractivity contribution in [3.05, 3.63) is 11.8 Å². The van der Waals surface area contributed by atoms with E-state index in [9.17, 15) is 0 Å². The van der Waals surface area contributed by atoms with Crippen molar-refractivity contribution in [3.63, 3.8) is 0 Å². The van der Waals surface area contributed by atoms with Crippen LogP contribution in [0.1, 0.15) is 78.1 Å². The first-order valence-corrected chi connectivity index (χ1v) is 8.16. The Kier molecular flexibility index (Phi) is 5.59. The van der Waals surface area contributed by atoms with Gasteiger partial charge in [0.25, 0.3) is 0 Å². The van der Waals surface area contributed by atoms with Gasteiger partial charge in [0, 0.05) is 0 Å². The van der Waals surface area contributed by atoms with E-state index < -0.39 is 0 Å². The zero-order valence-electron chi connectivity index (χ0n) is 12.3. The van der Waals surface area contributed by atoms with Crippen molar-refractivity contribution in [3.8, 4) is 0 Å². The lowest BCUT2D eigenvalue weighted by Gasteiger charge is -2.35. The zero-order valence-corrected chi connectivity index (χ0v) is 12.3. The highest BCUT2D eigenvalue weighted by Crippen LogP contribution is 2.37. The fraction of sp³-hybridized carbons (Fsp3) is 0.882. The van der Waals surface area contributed by atoms with E-state index in [4.69, 9.17) is 4.74 Å². The summed E-state index contributed by atoms with van der Waals surface area (Å²) < 4.78 is 6.02. The summed E-state index contributed by atoms with van der Waals surface area (Å²) in [5, 5.41) is 0. The third-order valence-corrected chi connectivity index (χ3v) is 4.84. The lowest BCUT2D eigenvalue weighted by Crippen LogP contribution is -2.29. The average molecular weight is 250 g/mol. The first-order chi connectivity index (χ1) is 8.83. The highest BCUT2D eigenvalue weighted by molar-refractivity contribution is 5.02. The molecule has 1 heterocycles. The molecule has 1 nitrogen and oxygen atoms in total. The molecule has 0 spiro atoms. The topological polar surface area (TPSA) is 9.23 Å². The summed E-state index contributed by atoms with van der Waals surface area (Å²) in [5.41, 5.74) is 1.54. The molecule has 1 atom stereocenters. The van der Waals surface area contributed by atoms with Gasteiger partial charge in [0.2, 0.25) is 0 Å². The van der Waals surface area contributed by atoms with Gasteiger partial charge < -0.3 is 4.74 Å². The van der Waals surface area contributed by atoms with Gasteiger partial charge in [0.05, 0.1) is 6.26 Å². The minimum absolute atomic E-state index is 0.535. The first-order valence-electron chi connectivity index (χ1n) is 8.16. The molecule has 0 amide bonds. The van der Waals surface area contributed by atoms with Crippen LogP contribution < -0.4 is 0 Å². The summed E-state index contributed by atoms with van der Waals surface area (Å²) in [6.45, 7) is 4.57. The SMILES string of the molecule is CCCC1=COC(C2CCC(CCC)CC2)CC1. The van der Waals surface area contributed by atoms with E-state index in [-0.39, 0.29) is 0 Å². The molecule has 0 aromatic heterocycles. The number of allylic oxidation sites excluding steroid dienone is 1. The molecule has 0 saturated heterocycles. The molecule has 0 bridgehead atoms. The van der Waals surface area contributed by atoms with Gasteiger partial charge in [-0.2, -0.15) is 0 Å². The Morgan fingerprint density at radius 1 is 1.06 bits per heavy atom. The number of hydrogen-bond acceptors (Lipinski definition) is 1. The monoisotopic (exact) mass is 250 g/mol. The number of rotatable bonds is 5. The van der Waals surface area contributed by atoms with Crippen molar-refractivity contribution in [2.24, 2.45) is 11.8 Å². The van der Waals surface area contributed by atoms with Crippen molar-refractivity contribution in [1.82, 2.24) is 0 Å². The predicted molar refractivity (Wildman–Crippen MR) is 77.5 cm³/mol. The zero-order chi connectivity index (χ0) is 12.8. The van der Waals surface area contributed by atoms with Crippen LogP contribution in [0.2, 0.25) is 0 Å². The highest BCUT2D eigenvalue weighted by atomic mass is 16.5. The van der Waals surface area contributed by atoms with Gasteiger partial charge in [-0.15, -0.1) is 0 Å². The van der Waals surface area contributed by atoms with E-state index >= 15 is 0 Å². The Balaban J connectivity index is 1.74. The van der Waals surface area contributed by atoms with Crippen LogP contribution in [0.15, 0.2) is 11.8 Å². The van der Waals surface area contributed by atoms with Crippen molar-refractivity contribution in [2.45, 2.75) is 84.2 Å². The fourth-order valence-electron chi connectivity index (χ4n) is 3.75. The van der Waals surface area contributed by atoms with Gasteiger partial charge in [-0.3, -0.25) is 0 Å². The second-order valence-corrected chi connectivity index (χ2v) is 6.31. The van der Waals surface area contributed by atoms with Gasteiger partial charge in [0.1, 0.15) is 6.10 Å². The van der Waals surface area contributed by atoms with E-state index in [1.807, 2.05) is 0 Å². The summed E-state index contributed by atoms with van der Waals surface area (Å²) >= 11 is 0. The molecule has 1 aliphatic heterocycles. The van der Waals surface area contributed by atoms with Gasteiger partial charge in [-0.25, -0.2) is 0 Å². The van der Waals surface area contributed by atoms with E-state index in [0.717, 1.165) is 11.8 Å². The Hall–Kier alpha value is -0.460. The molecular formula is C17H30O. The first kappa shape index (κ1) is 14.0. The standard InChI is InChI=1S/C17H30O/c1-3-5-14-7-10-16(11-8-14)17-12-9-15(6-4-2)13-18-17/h13-14,16-17H,3-12H2,1-2H3. The summed E-state index contributed by atoms with van der Waals surface area (Å²) in [6, 6.07) is 0. The Bertz CT molecular complexity index is 261. The van der Waals surface area contributed by atoms with E-state index in [0.29, 0.717) is 6.10 Å². The lowest BCUT2D eigenvalue weighted by molar-refractivity contribution is 0.0388. The second kappa shape index (κ2) is 7.21. The summed E-state index contributed by atoms with van der Waals surface area (Å²) in [4.78, 5) is 0. The van der Waals surface area contributed by atoms with Crippen LogP contribution in [0.5, 0.6) is 0 Å². The molecule has 1 aliphatic carbocycles. The summed E-state index contributed by atoms with van der Waals surface area (Å²) in [6.07, 6.45) is 16.2. The maximum absolute atomic E-state index is 6.02. The van der Waals surface area contributed by atoms with E-state index in [1.165, 1.54) is 69.8 Å². The van der Waals surface area contributed by atoms with Crippen molar-refractivity contribution < 1.29 is 4.74 Å². The molecule has 1 heteroatoms. The van der Waals surface area contributed by atoms with Crippen LogP contribution >= 0.6 is 0 Å². The minimum Gasteiger partial charge on any atom is -0.498 e. The molecule has 104 valence electrons. The normalized spacial score (nSPS) is 32.8. The van der Waals surface area contributed by atoms with Gasteiger partial charge in [0.15, 0.2) is 0 Å². The van der Waals surface area contributed by atoms with Gasteiger partial charge >= 0.3 is 0 Å². The molecule has 2 aliphatic rings. The molecule has 18 heavy (non-hydrogen) atoms. The van der Waals surface area contributed by atoms with E-state index in [2.05, 4.69) is 20.1 Å². The quantitative estimate of drug-likeness (QED) is 0.630. The van der Waals surface area contributed by atoms with Gasteiger partial charge in [-0.1, -0.05) is 46.0 Å². The fourth-order valence-corrected chi connectivity index (χ4v) is 3.75. The minimum atomic E-state index is 0.535. The molecular weight excluding hydrogens is 220 g/mol. The van der Waals surface area contributed by atoms with Gasteiger partial charge in [-0.05, 0) is 49.5 Å². The molecule has 0 N–H and O–H groups in total. The summed E-state index contributed by atoms with van der Waals surface area (Å²) in [7, 11) is 0. The van der Waals surface area contributed by atoms with Crippen LogP contribution in [0.3, 0.4) is 0 Å². The van der Waals surface area contributed by atoms with Crippen LogP contribution in [0, 0.1) is 11.8 Å². The molecule has 1 fully saturated rings. The molecule has 0 aromatic carbocycles. The van der Waals surface area contributed by atoms with E-state index in [1.54, 1.807) is 0 Å².